The minimum Gasteiger partial charge on any atom is -0.497 e. The monoisotopic (exact) mass is 414 g/mol. The van der Waals surface area contributed by atoms with Crippen molar-refractivity contribution >= 4 is 17.0 Å². The molecule has 0 amide bonds. The summed E-state index contributed by atoms with van der Waals surface area (Å²) in [6, 6.07) is 27.4. The van der Waals surface area contributed by atoms with E-state index in [9.17, 15) is 0 Å². The van der Waals surface area contributed by atoms with Gasteiger partial charge < -0.3 is 9.30 Å². The van der Waals surface area contributed by atoms with Crippen molar-refractivity contribution in [2.24, 2.45) is 4.99 Å². The van der Waals surface area contributed by atoms with Crippen LogP contribution in [0.5, 0.6) is 5.75 Å². The number of benzene rings is 3. The summed E-state index contributed by atoms with van der Waals surface area (Å²) < 4.78 is 7.65. The maximum absolute atomic E-state index is 5.32. The van der Waals surface area contributed by atoms with E-state index in [1.807, 2.05) is 12.1 Å². The minimum absolute atomic E-state index is 0.866. The number of aryl methyl sites for hydroxylation is 2. The van der Waals surface area contributed by atoms with Crippen molar-refractivity contribution in [2.75, 3.05) is 7.11 Å². The van der Waals surface area contributed by atoms with Crippen LogP contribution in [0.4, 0.5) is 5.69 Å². The van der Waals surface area contributed by atoms with E-state index in [2.05, 4.69) is 83.6 Å². The Kier molecular flexibility index (Phi) is 6.45. The number of hydrogen-bond acceptors (Lipinski definition) is 3. The average molecular weight is 415 g/mol. The third kappa shape index (κ3) is 4.71. The Labute approximate surface area is 182 Å². The first-order valence-corrected chi connectivity index (χ1v) is 11.1. The molecule has 152 valence electrons. The number of ether oxygens (including phenoxy) is 1. The van der Waals surface area contributed by atoms with Gasteiger partial charge in [0.25, 0.3) is 0 Å². The molecule has 3 nitrogen and oxygen atoms in total. The highest BCUT2D eigenvalue weighted by Gasteiger charge is 2.09. The molecule has 3 aromatic carbocycles. The summed E-state index contributed by atoms with van der Waals surface area (Å²) in [5.41, 5.74) is 6.00. The summed E-state index contributed by atoms with van der Waals surface area (Å²) in [7, 11) is 1.69. The first kappa shape index (κ1) is 20.2. The van der Waals surface area contributed by atoms with Gasteiger partial charge in [-0.3, -0.25) is 0 Å². The van der Waals surface area contributed by atoms with Gasteiger partial charge in [0.05, 0.1) is 18.5 Å². The second-order valence-electron chi connectivity index (χ2n) is 7.15. The molecule has 0 spiro atoms. The van der Waals surface area contributed by atoms with E-state index in [4.69, 9.17) is 9.73 Å². The topological polar surface area (TPSA) is 26.5 Å². The fraction of sp³-hybridized carbons (Fsp3) is 0.192. The first-order chi connectivity index (χ1) is 14.8. The molecule has 4 aromatic rings. The predicted molar refractivity (Wildman–Crippen MR) is 125 cm³/mol. The summed E-state index contributed by atoms with van der Waals surface area (Å²) in [6.07, 6.45) is 2.00. The van der Waals surface area contributed by atoms with E-state index in [1.165, 1.54) is 22.4 Å². The number of nitrogens with zero attached hydrogens (tertiary/aromatic N) is 2. The Morgan fingerprint density at radius 3 is 2.27 bits per heavy atom. The van der Waals surface area contributed by atoms with E-state index >= 15 is 0 Å². The highest BCUT2D eigenvalue weighted by molar-refractivity contribution is 7.07. The molecule has 0 aliphatic rings. The van der Waals surface area contributed by atoms with Gasteiger partial charge in [0.1, 0.15) is 5.75 Å². The van der Waals surface area contributed by atoms with Gasteiger partial charge in [-0.05, 0) is 65.9 Å². The molecule has 0 aliphatic heterocycles. The minimum atomic E-state index is 0.866. The van der Waals surface area contributed by atoms with Crippen LogP contribution in [-0.2, 0) is 19.4 Å². The molecule has 0 aliphatic carbocycles. The quantitative estimate of drug-likeness (QED) is 0.350. The molecule has 0 radical (unpaired) electrons. The molecule has 30 heavy (non-hydrogen) atoms. The van der Waals surface area contributed by atoms with Gasteiger partial charge in [-0.15, -0.1) is 11.3 Å². The molecule has 0 fully saturated rings. The smallest absolute Gasteiger partial charge is 0.190 e. The van der Waals surface area contributed by atoms with Crippen molar-refractivity contribution < 1.29 is 4.74 Å². The Bertz CT molecular complexity index is 1140. The van der Waals surface area contributed by atoms with Crippen molar-refractivity contribution in [1.29, 1.82) is 0 Å². The Balaban J connectivity index is 1.72. The van der Waals surface area contributed by atoms with Crippen LogP contribution in [0.25, 0.3) is 11.3 Å². The lowest BCUT2D eigenvalue weighted by Gasteiger charge is -2.10. The van der Waals surface area contributed by atoms with E-state index in [0.29, 0.717) is 0 Å². The zero-order valence-corrected chi connectivity index (χ0v) is 18.2. The molecule has 0 unspecified atom stereocenters. The highest BCUT2D eigenvalue weighted by atomic mass is 32.1. The van der Waals surface area contributed by atoms with Crippen LogP contribution in [0.2, 0.25) is 0 Å². The zero-order valence-electron chi connectivity index (χ0n) is 17.4. The van der Waals surface area contributed by atoms with Gasteiger partial charge in [0.15, 0.2) is 4.80 Å². The van der Waals surface area contributed by atoms with E-state index in [-0.39, 0.29) is 0 Å². The molecular formula is C26H26N2OS. The van der Waals surface area contributed by atoms with Gasteiger partial charge in [-0.1, -0.05) is 49.4 Å². The predicted octanol–water partition coefficient (Wildman–Crippen LogP) is 6.26. The van der Waals surface area contributed by atoms with Gasteiger partial charge in [-0.2, -0.15) is 0 Å². The van der Waals surface area contributed by atoms with Crippen LogP contribution >= 0.6 is 11.3 Å². The molecule has 1 aromatic heterocycles. The molecule has 0 atom stereocenters. The van der Waals surface area contributed by atoms with Crippen molar-refractivity contribution in [2.45, 2.75) is 26.3 Å². The molecular weight excluding hydrogens is 388 g/mol. The summed E-state index contributed by atoms with van der Waals surface area (Å²) in [6.45, 7) is 3.05. The lowest BCUT2D eigenvalue weighted by molar-refractivity contribution is 0.415. The standard InChI is InChI=1S/C26H26N2OS/c1-3-20-9-13-23(14-10-20)27-26-28(18-17-21-7-5-4-6-8-21)25(19-30-26)22-11-15-24(29-2)16-12-22/h4-16,19H,3,17-18H2,1-2H3. The number of methoxy groups -OCH3 is 1. The maximum atomic E-state index is 5.32. The summed E-state index contributed by atoms with van der Waals surface area (Å²) in [4.78, 5) is 5.98. The fourth-order valence-corrected chi connectivity index (χ4v) is 4.38. The third-order valence-electron chi connectivity index (χ3n) is 5.22. The third-order valence-corrected chi connectivity index (χ3v) is 6.08. The van der Waals surface area contributed by atoms with Crippen LogP contribution in [0.3, 0.4) is 0 Å². The van der Waals surface area contributed by atoms with Crippen LogP contribution in [-0.4, -0.2) is 11.7 Å². The molecule has 0 bridgehead atoms. The zero-order chi connectivity index (χ0) is 20.8. The van der Waals surface area contributed by atoms with Gasteiger partial charge in [0.2, 0.25) is 0 Å². The lowest BCUT2D eigenvalue weighted by Crippen LogP contribution is -2.17. The Morgan fingerprint density at radius 1 is 0.867 bits per heavy atom. The summed E-state index contributed by atoms with van der Waals surface area (Å²) in [5, 5.41) is 2.20. The molecule has 0 N–H and O–H groups in total. The fourth-order valence-electron chi connectivity index (χ4n) is 3.43. The van der Waals surface area contributed by atoms with Crippen molar-refractivity contribution in [1.82, 2.24) is 4.57 Å². The maximum Gasteiger partial charge on any atom is 0.190 e. The molecule has 4 heteroatoms. The van der Waals surface area contributed by atoms with Crippen LogP contribution in [0.15, 0.2) is 89.2 Å². The normalized spacial score (nSPS) is 11.6. The molecule has 0 saturated carbocycles. The molecule has 4 rings (SSSR count). The number of thiazole rings is 1. The van der Waals surface area contributed by atoms with Crippen LogP contribution in [0.1, 0.15) is 18.1 Å². The molecule has 0 saturated heterocycles. The first-order valence-electron chi connectivity index (χ1n) is 10.3. The second kappa shape index (κ2) is 9.59. The van der Waals surface area contributed by atoms with Gasteiger partial charge >= 0.3 is 0 Å². The average Bonchev–Trinajstić information content (AvgIpc) is 3.21. The largest absolute Gasteiger partial charge is 0.497 e. The molecule has 1 heterocycles. The van der Waals surface area contributed by atoms with Crippen molar-refractivity contribution in [3.63, 3.8) is 0 Å². The second-order valence-corrected chi connectivity index (χ2v) is 7.99. The number of rotatable bonds is 7. The van der Waals surface area contributed by atoms with E-state index in [1.54, 1.807) is 18.4 Å². The van der Waals surface area contributed by atoms with Crippen molar-refractivity contribution in [3.05, 3.63) is 100 Å². The van der Waals surface area contributed by atoms with Gasteiger partial charge in [-0.25, -0.2) is 4.99 Å². The van der Waals surface area contributed by atoms with Crippen LogP contribution in [0, 0.1) is 0 Å². The number of aromatic nitrogens is 1. The lowest BCUT2D eigenvalue weighted by atomic mass is 10.1. The number of hydrogen-bond donors (Lipinski definition) is 0. The van der Waals surface area contributed by atoms with E-state index < -0.39 is 0 Å². The SMILES string of the molecule is CCc1ccc(N=c2scc(-c3ccc(OC)cc3)n2CCc2ccccc2)cc1. The Morgan fingerprint density at radius 2 is 1.60 bits per heavy atom. The van der Waals surface area contributed by atoms with Crippen LogP contribution < -0.4 is 9.54 Å². The van der Waals surface area contributed by atoms with Gasteiger partial charge in [0, 0.05) is 11.9 Å². The summed E-state index contributed by atoms with van der Waals surface area (Å²) in [5.74, 6) is 0.866. The Hall–Kier alpha value is -3.11. The highest BCUT2D eigenvalue weighted by Crippen LogP contribution is 2.24. The summed E-state index contributed by atoms with van der Waals surface area (Å²) >= 11 is 1.69. The van der Waals surface area contributed by atoms with Crippen molar-refractivity contribution in [3.8, 4) is 17.0 Å². The van der Waals surface area contributed by atoms with E-state index in [0.717, 1.165) is 35.6 Å².